The Hall–Kier alpha value is -1.10. The highest BCUT2D eigenvalue weighted by Gasteiger charge is 2.34. The number of hydrogen-bond donors (Lipinski definition) is 2. The van der Waals surface area contributed by atoms with Crippen molar-refractivity contribution in [1.82, 2.24) is 5.32 Å². The number of rotatable bonds is 4. The molecule has 0 aliphatic carbocycles. The average molecular weight is 257 g/mol. The first-order chi connectivity index (χ1) is 8.29. The number of carbonyl (C=O) groups is 2. The summed E-state index contributed by atoms with van der Waals surface area (Å²) in [5.41, 5.74) is -0.573. The third kappa shape index (κ3) is 5.04. The Morgan fingerprint density at radius 3 is 2.56 bits per heavy atom. The van der Waals surface area contributed by atoms with Gasteiger partial charge in [0.2, 0.25) is 0 Å². The summed E-state index contributed by atoms with van der Waals surface area (Å²) >= 11 is 0. The van der Waals surface area contributed by atoms with Gasteiger partial charge in [0.25, 0.3) is 0 Å². The normalized spacial score (nSPS) is 22.3. The van der Waals surface area contributed by atoms with Crippen LogP contribution < -0.4 is 5.32 Å². The highest BCUT2D eigenvalue weighted by Crippen LogP contribution is 2.26. The molecule has 1 aliphatic heterocycles. The molecule has 18 heavy (non-hydrogen) atoms. The van der Waals surface area contributed by atoms with Crippen LogP contribution in [0.25, 0.3) is 0 Å². The van der Waals surface area contributed by atoms with E-state index in [0.717, 1.165) is 19.4 Å². The van der Waals surface area contributed by atoms with Crippen molar-refractivity contribution in [2.24, 2.45) is 11.8 Å². The van der Waals surface area contributed by atoms with Crippen LogP contribution in [0.2, 0.25) is 0 Å². The molecule has 1 rings (SSSR count). The van der Waals surface area contributed by atoms with Crippen molar-refractivity contribution in [1.29, 1.82) is 0 Å². The SMILES string of the molecule is CC(C)(C)OC(=O)C(CC(=O)O)C1CCCNC1. The maximum Gasteiger partial charge on any atom is 0.310 e. The molecule has 1 heterocycles. The van der Waals surface area contributed by atoms with Crippen LogP contribution in [-0.2, 0) is 14.3 Å². The quantitative estimate of drug-likeness (QED) is 0.745. The van der Waals surface area contributed by atoms with Crippen molar-refractivity contribution < 1.29 is 19.4 Å². The third-order valence-electron chi connectivity index (χ3n) is 3.01. The summed E-state index contributed by atoms with van der Waals surface area (Å²) in [7, 11) is 0. The Morgan fingerprint density at radius 2 is 2.11 bits per heavy atom. The molecule has 1 saturated heterocycles. The largest absolute Gasteiger partial charge is 0.481 e. The summed E-state index contributed by atoms with van der Waals surface area (Å²) in [4.78, 5) is 23.0. The lowest BCUT2D eigenvalue weighted by molar-refractivity contribution is -0.165. The number of hydrogen-bond acceptors (Lipinski definition) is 4. The zero-order valence-corrected chi connectivity index (χ0v) is 11.4. The van der Waals surface area contributed by atoms with Gasteiger partial charge in [-0.1, -0.05) is 0 Å². The Labute approximate surface area is 108 Å². The lowest BCUT2D eigenvalue weighted by Crippen LogP contribution is -2.40. The molecule has 2 unspecified atom stereocenters. The Balaban J connectivity index is 2.70. The van der Waals surface area contributed by atoms with E-state index in [0.29, 0.717) is 6.54 Å². The number of carboxylic acids is 1. The molecule has 0 amide bonds. The van der Waals surface area contributed by atoms with E-state index in [1.54, 1.807) is 20.8 Å². The van der Waals surface area contributed by atoms with Gasteiger partial charge in [0.05, 0.1) is 12.3 Å². The summed E-state index contributed by atoms with van der Waals surface area (Å²) in [6.45, 7) is 7.01. The number of nitrogens with one attached hydrogen (secondary N) is 1. The summed E-state index contributed by atoms with van der Waals surface area (Å²) in [5, 5.41) is 12.1. The summed E-state index contributed by atoms with van der Waals surface area (Å²) in [5.74, 6) is -1.82. The number of ether oxygens (including phenoxy) is 1. The zero-order valence-electron chi connectivity index (χ0n) is 11.4. The summed E-state index contributed by atoms with van der Waals surface area (Å²) < 4.78 is 5.32. The van der Waals surface area contributed by atoms with E-state index >= 15 is 0 Å². The van der Waals surface area contributed by atoms with Crippen LogP contribution in [0.1, 0.15) is 40.0 Å². The van der Waals surface area contributed by atoms with Gasteiger partial charge in [-0.2, -0.15) is 0 Å². The highest BCUT2D eigenvalue weighted by atomic mass is 16.6. The summed E-state index contributed by atoms with van der Waals surface area (Å²) in [6.07, 6.45) is 1.70. The predicted molar refractivity (Wildman–Crippen MR) is 67.2 cm³/mol. The van der Waals surface area contributed by atoms with E-state index < -0.39 is 23.5 Å². The van der Waals surface area contributed by atoms with Crippen molar-refractivity contribution in [3.05, 3.63) is 0 Å². The van der Waals surface area contributed by atoms with Crippen molar-refractivity contribution in [2.45, 2.75) is 45.6 Å². The van der Waals surface area contributed by atoms with Gasteiger partial charge in [-0.15, -0.1) is 0 Å². The standard InChI is InChI=1S/C13H23NO4/c1-13(2,3)18-12(17)10(7-11(15)16)9-5-4-6-14-8-9/h9-10,14H,4-8H2,1-3H3,(H,15,16). The number of carbonyl (C=O) groups excluding carboxylic acids is 1. The molecular weight excluding hydrogens is 234 g/mol. The smallest absolute Gasteiger partial charge is 0.310 e. The van der Waals surface area contributed by atoms with E-state index in [4.69, 9.17) is 9.84 Å². The van der Waals surface area contributed by atoms with Gasteiger partial charge >= 0.3 is 11.9 Å². The minimum absolute atomic E-state index is 0.0599. The van der Waals surface area contributed by atoms with E-state index in [-0.39, 0.29) is 12.3 Å². The molecule has 1 fully saturated rings. The number of carboxylic acid groups (broad SMARTS) is 1. The fourth-order valence-corrected chi connectivity index (χ4v) is 2.23. The van der Waals surface area contributed by atoms with Crippen LogP contribution in [0.5, 0.6) is 0 Å². The Kier molecular flexibility index (Phi) is 5.14. The van der Waals surface area contributed by atoms with Gasteiger partial charge in [-0.05, 0) is 52.6 Å². The summed E-state index contributed by atoms with van der Waals surface area (Å²) in [6, 6.07) is 0. The van der Waals surface area contributed by atoms with Gasteiger partial charge in [0.1, 0.15) is 5.60 Å². The van der Waals surface area contributed by atoms with Crippen LogP contribution in [0.15, 0.2) is 0 Å². The highest BCUT2D eigenvalue weighted by molar-refractivity contribution is 5.79. The van der Waals surface area contributed by atoms with Crippen molar-refractivity contribution in [3.8, 4) is 0 Å². The molecule has 0 spiro atoms. The molecule has 0 radical (unpaired) electrons. The fraction of sp³-hybridized carbons (Fsp3) is 0.846. The van der Waals surface area contributed by atoms with Crippen LogP contribution in [0, 0.1) is 11.8 Å². The zero-order chi connectivity index (χ0) is 13.8. The topological polar surface area (TPSA) is 75.6 Å². The fourth-order valence-electron chi connectivity index (χ4n) is 2.23. The van der Waals surface area contributed by atoms with E-state index in [2.05, 4.69) is 5.32 Å². The first kappa shape index (κ1) is 15.0. The van der Waals surface area contributed by atoms with Crippen LogP contribution >= 0.6 is 0 Å². The van der Waals surface area contributed by atoms with Gasteiger partial charge in [-0.25, -0.2) is 0 Å². The van der Waals surface area contributed by atoms with Crippen molar-refractivity contribution in [3.63, 3.8) is 0 Å². The van der Waals surface area contributed by atoms with Crippen LogP contribution in [0.3, 0.4) is 0 Å². The molecule has 1 aliphatic rings. The molecule has 5 nitrogen and oxygen atoms in total. The lowest BCUT2D eigenvalue weighted by Gasteiger charge is -2.31. The average Bonchev–Trinajstić information content (AvgIpc) is 2.24. The molecule has 2 atom stereocenters. The second kappa shape index (κ2) is 6.18. The monoisotopic (exact) mass is 257 g/mol. The minimum atomic E-state index is -0.948. The van der Waals surface area contributed by atoms with Crippen LogP contribution in [0.4, 0.5) is 0 Å². The molecular formula is C13H23NO4. The molecule has 0 aromatic heterocycles. The minimum Gasteiger partial charge on any atom is -0.481 e. The molecule has 0 saturated carbocycles. The maximum atomic E-state index is 12.1. The second-order valence-electron chi connectivity index (χ2n) is 5.84. The van der Waals surface area contributed by atoms with Crippen LogP contribution in [-0.4, -0.2) is 35.7 Å². The predicted octanol–water partition coefficient (Wildman–Crippen LogP) is 1.42. The number of piperidine rings is 1. The molecule has 0 bridgehead atoms. The van der Waals surface area contributed by atoms with E-state index in [1.807, 2.05) is 0 Å². The van der Waals surface area contributed by atoms with Gasteiger partial charge in [-0.3, -0.25) is 9.59 Å². The molecule has 0 aromatic rings. The van der Waals surface area contributed by atoms with Gasteiger partial charge < -0.3 is 15.2 Å². The molecule has 5 heteroatoms. The van der Waals surface area contributed by atoms with Crippen molar-refractivity contribution >= 4 is 11.9 Å². The molecule has 0 aromatic carbocycles. The third-order valence-corrected chi connectivity index (χ3v) is 3.01. The molecule has 2 N–H and O–H groups in total. The Bertz CT molecular complexity index is 303. The first-order valence-corrected chi connectivity index (χ1v) is 6.45. The maximum absolute atomic E-state index is 12.1. The number of aliphatic carboxylic acids is 1. The van der Waals surface area contributed by atoms with E-state index in [9.17, 15) is 9.59 Å². The lowest BCUT2D eigenvalue weighted by atomic mass is 9.84. The van der Waals surface area contributed by atoms with Gasteiger partial charge in [0.15, 0.2) is 0 Å². The van der Waals surface area contributed by atoms with E-state index in [1.165, 1.54) is 0 Å². The van der Waals surface area contributed by atoms with Crippen molar-refractivity contribution in [2.75, 3.05) is 13.1 Å². The number of esters is 1. The second-order valence-corrected chi connectivity index (χ2v) is 5.84. The molecule has 104 valence electrons. The Morgan fingerprint density at radius 1 is 1.44 bits per heavy atom. The first-order valence-electron chi connectivity index (χ1n) is 6.45. The van der Waals surface area contributed by atoms with Gasteiger partial charge in [0, 0.05) is 0 Å².